The molecule has 0 saturated heterocycles. The molecule has 1 atom stereocenters. The predicted molar refractivity (Wildman–Crippen MR) is 98.6 cm³/mol. The average molecular weight is 362 g/mol. The van der Waals surface area contributed by atoms with Crippen LogP contribution in [0.3, 0.4) is 0 Å². The largest absolute Gasteiger partial charge is 0.328 e. The first-order valence-corrected chi connectivity index (χ1v) is 9.90. The van der Waals surface area contributed by atoms with Gasteiger partial charge in [0.1, 0.15) is 0 Å². The molecule has 0 fully saturated rings. The van der Waals surface area contributed by atoms with Gasteiger partial charge in [-0.15, -0.1) is 0 Å². The van der Waals surface area contributed by atoms with Crippen LogP contribution in [0.15, 0.2) is 64.3 Å². The van der Waals surface area contributed by atoms with Crippen molar-refractivity contribution in [3.05, 3.63) is 81.1 Å². The van der Waals surface area contributed by atoms with E-state index in [0.29, 0.717) is 6.42 Å². The maximum absolute atomic E-state index is 12.2. The second-order valence-corrected chi connectivity index (χ2v) is 8.18. The van der Waals surface area contributed by atoms with Gasteiger partial charge in [-0.2, -0.15) is 0 Å². The third-order valence-corrected chi connectivity index (χ3v) is 5.70. The molecular formula is C18H22N2O4S. The number of aromatic amines is 1. The molecule has 0 amide bonds. The topological polar surface area (TPSA) is 89.0 Å². The lowest BCUT2D eigenvalue weighted by atomic mass is 10.0. The molecule has 0 unspecified atom stereocenters. The molecule has 0 bridgehead atoms. The van der Waals surface area contributed by atoms with Gasteiger partial charge in [-0.1, -0.05) is 49.4 Å². The number of benzene rings is 1. The quantitative estimate of drug-likeness (QED) is 0.724. The number of hydrogen-bond acceptors (Lipinski definition) is 4. The van der Waals surface area contributed by atoms with Crippen molar-refractivity contribution in [1.82, 2.24) is 9.55 Å². The first-order valence-electron chi connectivity index (χ1n) is 8.07. The van der Waals surface area contributed by atoms with Crippen LogP contribution in [0.2, 0.25) is 0 Å². The van der Waals surface area contributed by atoms with Crippen molar-refractivity contribution in [1.29, 1.82) is 0 Å². The molecule has 2 aromatic rings. The van der Waals surface area contributed by atoms with Crippen LogP contribution >= 0.6 is 0 Å². The third kappa shape index (κ3) is 6.19. The first-order chi connectivity index (χ1) is 11.9. The lowest BCUT2D eigenvalue weighted by Crippen LogP contribution is -2.28. The SMILES string of the molecule is C[C@@H](CS(=O)(=O)CC/C=C\Cn1ccc(=O)[nH]c1=O)c1ccccc1. The second kappa shape index (κ2) is 8.62. The zero-order valence-electron chi connectivity index (χ0n) is 14.1. The molecule has 0 aliphatic rings. The molecule has 1 aromatic carbocycles. The van der Waals surface area contributed by atoms with Gasteiger partial charge in [-0.25, -0.2) is 13.2 Å². The monoisotopic (exact) mass is 362 g/mol. The van der Waals surface area contributed by atoms with Crippen molar-refractivity contribution < 1.29 is 8.42 Å². The zero-order valence-corrected chi connectivity index (χ0v) is 14.9. The summed E-state index contributed by atoms with van der Waals surface area (Å²) in [5, 5.41) is 0. The molecule has 134 valence electrons. The summed E-state index contributed by atoms with van der Waals surface area (Å²) in [7, 11) is -3.16. The minimum Gasteiger partial charge on any atom is -0.297 e. The Morgan fingerprint density at radius 1 is 1.12 bits per heavy atom. The number of aromatic nitrogens is 2. The maximum atomic E-state index is 12.2. The van der Waals surface area contributed by atoms with Gasteiger partial charge in [0, 0.05) is 18.8 Å². The van der Waals surface area contributed by atoms with E-state index < -0.39 is 21.1 Å². The average Bonchev–Trinajstić information content (AvgIpc) is 2.56. The van der Waals surface area contributed by atoms with E-state index in [4.69, 9.17) is 0 Å². The molecular weight excluding hydrogens is 340 g/mol. The van der Waals surface area contributed by atoms with Crippen molar-refractivity contribution in [2.75, 3.05) is 11.5 Å². The van der Waals surface area contributed by atoms with Crippen molar-refractivity contribution in [3.63, 3.8) is 0 Å². The highest BCUT2D eigenvalue weighted by Gasteiger charge is 2.16. The minimum atomic E-state index is -3.16. The lowest BCUT2D eigenvalue weighted by molar-refractivity contribution is 0.590. The summed E-state index contributed by atoms with van der Waals surface area (Å²) >= 11 is 0. The van der Waals surface area contributed by atoms with E-state index in [9.17, 15) is 18.0 Å². The van der Waals surface area contributed by atoms with Crippen LogP contribution in [0.5, 0.6) is 0 Å². The molecule has 0 radical (unpaired) electrons. The van der Waals surface area contributed by atoms with Crippen molar-refractivity contribution in [2.24, 2.45) is 0 Å². The number of allylic oxidation sites excluding steroid dienone is 2. The summed E-state index contributed by atoms with van der Waals surface area (Å²) in [5.41, 5.74) is 0.0874. The van der Waals surface area contributed by atoms with E-state index in [1.54, 1.807) is 12.2 Å². The smallest absolute Gasteiger partial charge is 0.297 e. The highest BCUT2D eigenvalue weighted by atomic mass is 32.2. The fraction of sp³-hybridized carbons (Fsp3) is 0.333. The Kier molecular flexibility index (Phi) is 6.52. The number of hydrogen-bond donors (Lipinski definition) is 1. The molecule has 1 heterocycles. The number of nitrogens with one attached hydrogen (secondary N) is 1. The van der Waals surface area contributed by atoms with Gasteiger partial charge in [0.15, 0.2) is 9.84 Å². The molecule has 6 nitrogen and oxygen atoms in total. The fourth-order valence-electron chi connectivity index (χ4n) is 2.48. The van der Waals surface area contributed by atoms with Gasteiger partial charge >= 0.3 is 5.69 Å². The Bertz CT molecular complexity index is 927. The predicted octanol–water partition coefficient (Wildman–Crippen LogP) is 1.70. The van der Waals surface area contributed by atoms with Crippen LogP contribution < -0.4 is 11.2 Å². The maximum Gasteiger partial charge on any atom is 0.328 e. The van der Waals surface area contributed by atoms with Gasteiger partial charge in [0.05, 0.1) is 11.5 Å². The molecule has 0 spiro atoms. The molecule has 7 heteroatoms. The highest BCUT2D eigenvalue weighted by Crippen LogP contribution is 2.17. The lowest BCUT2D eigenvalue weighted by Gasteiger charge is -2.11. The second-order valence-electron chi connectivity index (χ2n) is 5.95. The molecule has 1 N–H and O–H groups in total. The Morgan fingerprint density at radius 2 is 1.84 bits per heavy atom. The molecule has 25 heavy (non-hydrogen) atoms. The highest BCUT2D eigenvalue weighted by molar-refractivity contribution is 7.91. The summed E-state index contributed by atoms with van der Waals surface area (Å²) < 4.78 is 25.8. The van der Waals surface area contributed by atoms with Crippen LogP contribution in [0.25, 0.3) is 0 Å². The summed E-state index contributed by atoms with van der Waals surface area (Å²) in [4.78, 5) is 24.6. The van der Waals surface area contributed by atoms with E-state index in [1.807, 2.05) is 37.3 Å². The normalized spacial score (nSPS) is 13.2. The Hall–Kier alpha value is -2.41. The van der Waals surface area contributed by atoms with E-state index in [-0.39, 0.29) is 24.0 Å². The van der Waals surface area contributed by atoms with Crippen molar-refractivity contribution in [2.45, 2.75) is 25.8 Å². The molecule has 1 aromatic heterocycles. The van der Waals surface area contributed by atoms with Crippen LogP contribution in [0, 0.1) is 0 Å². The van der Waals surface area contributed by atoms with Crippen LogP contribution in [-0.4, -0.2) is 29.5 Å². The minimum absolute atomic E-state index is 0.0464. The number of H-pyrrole nitrogens is 1. The van der Waals surface area contributed by atoms with Crippen LogP contribution in [0.4, 0.5) is 0 Å². The van der Waals surface area contributed by atoms with Crippen LogP contribution in [0.1, 0.15) is 24.8 Å². The molecule has 0 aliphatic carbocycles. The number of nitrogens with zero attached hydrogens (tertiary/aromatic N) is 1. The first kappa shape index (κ1) is 18.9. The zero-order chi connectivity index (χ0) is 18.3. The van der Waals surface area contributed by atoms with Crippen molar-refractivity contribution in [3.8, 4) is 0 Å². The van der Waals surface area contributed by atoms with E-state index >= 15 is 0 Å². The summed E-state index contributed by atoms with van der Waals surface area (Å²) in [6.45, 7) is 2.20. The Balaban J connectivity index is 1.83. The van der Waals surface area contributed by atoms with Gasteiger partial charge in [-0.3, -0.25) is 14.3 Å². The van der Waals surface area contributed by atoms with Gasteiger partial charge in [-0.05, 0) is 17.9 Å². The van der Waals surface area contributed by atoms with E-state index in [0.717, 1.165) is 5.56 Å². The van der Waals surface area contributed by atoms with Gasteiger partial charge < -0.3 is 0 Å². The number of rotatable bonds is 8. The number of sulfone groups is 1. The standard InChI is InChI=1S/C18H22N2O4S/c1-15(16-8-4-2-5-9-16)14-25(23,24)13-7-3-6-11-20-12-10-17(21)19-18(20)22/h2-6,8-10,12,15H,7,11,13-14H2,1H3,(H,19,21,22)/b6-3-/t15-/m0/s1. The summed E-state index contributed by atoms with van der Waals surface area (Å²) in [5.74, 6) is 0.140. The molecule has 2 rings (SSSR count). The summed E-state index contributed by atoms with van der Waals surface area (Å²) in [6.07, 6.45) is 5.25. The van der Waals surface area contributed by atoms with Gasteiger partial charge in [0.2, 0.25) is 0 Å². The van der Waals surface area contributed by atoms with Gasteiger partial charge in [0.25, 0.3) is 5.56 Å². The fourth-order valence-corrected chi connectivity index (χ4v) is 4.10. The molecule has 0 saturated carbocycles. The molecule has 0 aliphatic heterocycles. The summed E-state index contributed by atoms with van der Waals surface area (Å²) in [6, 6.07) is 10.8. The Labute approximate surface area is 146 Å². The van der Waals surface area contributed by atoms with Crippen LogP contribution in [-0.2, 0) is 16.4 Å². The third-order valence-electron chi connectivity index (χ3n) is 3.83. The van der Waals surface area contributed by atoms with E-state index in [1.165, 1.54) is 16.8 Å². The van der Waals surface area contributed by atoms with E-state index in [2.05, 4.69) is 4.98 Å². The Morgan fingerprint density at radius 3 is 2.52 bits per heavy atom. The van der Waals surface area contributed by atoms with Crippen molar-refractivity contribution >= 4 is 9.84 Å².